The zero-order valence-electron chi connectivity index (χ0n) is 22.8. The summed E-state index contributed by atoms with van der Waals surface area (Å²) in [4.78, 5) is 13.0. The molecule has 1 atom stereocenters. The number of ether oxygens (including phenoxy) is 3. The van der Waals surface area contributed by atoms with Crippen LogP contribution in [-0.4, -0.2) is 5.97 Å². The number of furan rings is 1. The topological polar surface area (TPSA) is 108 Å². The molecular formula is C34H25ClN2O5. The molecule has 208 valence electrons. The highest BCUT2D eigenvalue weighted by Crippen LogP contribution is 2.44. The molecule has 0 spiro atoms. The lowest BCUT2D eigenvalue weighted by Crippen LogP contribution is -2.21. The van der Waals surface area contributed by atoms with Crippen molar-refractivity contribution in [1.29, 1.82) is 5.26 Å². The minimum Gasteiger partial charge on any atom is -0.489 e. The number of aryl methyl sites for hydroxylation is 2. The summed E-state index contributed by atoms with van der Waals surface area (Å²) in [6.45, 7) is 4.26. The van der Waals surface area contributed by atoms with E-state index in [1.807, 2.05) is 55.5 Å². The van der Waals surface area contributed by atoms with Crippen LogP contribution >= 0.6 is 11.6 Å². The number of halogens is 1. The van der Waals surface area contributed by atoms with Crippen LogP contribution in [0, 0.1) is 25.2 Å². The molecule has 0 saturated heterocycles. The van der Waals surface area contributed by atoms with Gasteiger partial charge in [-0.05, 0) is 61.4 Å². The number of nitriles is 1. The van der Waals surface area contributed by atoms with Gasteiger partial charge in [0.05, 0.1) is 5.92 Å². The standard InChI is InChI=1S/C34H25ClN2O5/c1-19-3-5-21(6-4-19)18-39-24-10-7-22(8-11-24)31-26-13-12-25(16-30(26)42-33(37)28(31)17-36)40-34(38)32-20(2)27-15-23(35)9-14-29(27)41-32/h3-16,31H,18,37H2,1-2H3. The summed E-state index contributed by atoms with van der Waals surface area (Å²) >= 11 is 6.10. The molecule has 0 radical (unpaired) electrons. The normalized spacial score (nSPS) is 14.2. The number of carbonyl (C=O) groups excluding carboxylic acids is 1. The number of benzene rings is 4. The predicted molar refractivity (Wildman–Crippen MR) is 159 cm³/mol. The molecule has 6 rings (SSSR count). The van der Waals surface area contributed by atoms with Gasteiger partial charge in [-0.15, -0.1) is 0 Å². The zero-order valence-corrected chi connectivity index (χ0v) is 23.6. The molecule has 2 N–H and O–H groups in total. The van der Waals surface area contributed by atoms with Gasteiger partial charge in [0.15, 0.2) is 0 Å². The summed E-state index contributed by atoms with van der Waals surface area (Å²) in [5, 5.41) is 11.2. The molecule has 2 heterocycles. The number of esters is 1. The molecule has 4 aromatic carbocycles. The SMILES string of the molecule is Cc1ccc(COc2ccc(C3C(C#N)=C(N)Oc4cc(OC(=O)c5oc6ccc(Cl)cc6c5C)ccc43)cc2)cc1. The fraction of sp³-hybridized carbons (Fsp3) is 0.118. The third-order valence-electron chi connectivity index (χ3n) is 7.22. The second-order valence-electron chi connectivity index (χ2n) is 10.1. The lowest BCUT2D eigenvalue weighted by atomic mass is 9.83. The Morgan fingerprint density at radius 3 is 2.45 bits per heavy atom. The molecule has 1 aliphatic heterocycles. The van der Waals surface area contributed by atoms with Gasteiger partial charge in [-0.1, -0.05) is 59.6 Å². The van der Waals surface area contributed by atoms with Gasteiger partial charge < -0.3 is 24.4 Å². The van der Waals surface area contributed by atoms with Gasteiger partial charge >= 0.3 is 5.97 Å². The van der Waals surface area contributed by atoms with E-state index in [0.717, 1.165) is 16.5 Å². The Hall–Kier alpha value is -5.19. The van der Waals surface area contributed by atoms with Crippen molar-refractivity contribution in [3.8, 4) is 23.3 Å². The molecule has 5 aromatic rings. The molecular weight excluding hydrogens is 552 g/mol. The molecule has 0 bridgehead atoms. The third-order valence-corrected chi connectivity index (χ3v) is 7.46. The molecule has 1 unspecified atom stereocenters. The van der Waals surface area contributed by atoms with Crippen LogP contribution in [0.15, 0.2) is 101 Å². The molecule has 8 heteroatoms. The van der Waals surface area contributed by atoms with Gasteiger partial charge in [0.2, 0.25) is 11.6 Å². The smallest absolute Gasteiger partial charge is 0.379 e. The summed E-state index contributed by atoms with van der Waals surface area (Å²) in [5.41, 5.74) is 11.4. The summed E-state index contributed by atoms with van der Waals surface area (Å²) in [6.07, 6.45) is 0. The van der Waals surface area contributed by atoms with Crippen LogP contribution in [0.4, 0.5) is 0 Å². The van der Waals surface area contributed by atoms with Crippen LogP contribution in [0.1, 0.15) is 44.3 Å². The fourth-order valence-electron chi connectivity index (χ4n) is 4.99. The van der Waals surface area contributed by atoms with Gasteiger partial charge in [0, 0.05) is 27.6 Å². The molecule has 42 heavy (non-hydrogen) atoms. The maximum Gasteiger partial charge on any atom is 0.379 e. The van der Waals surface area contributed by atoms with E-state index in [1.165, 1.54) is 5.56 Å². The van der Waals surface area contributed by atoms with Crippen LogP contribution in [0.3, 0.4) is 0 Å². The van der Waals surface area contributed by atoms with Gasteiger partial charge in [0.25, 0.3) is 0 Å². The van der Waals surface area contributed by atoms with Crippen molar-refractivity contribution in [1.82, 2.24) is 0 Å². The van der Waals surface area contributed by atoms with Crippen LogP contribution < -0.4 is 19.9 Å². The second-order valence-corrected chi connectivity index (χ2v) is 10.5. The number of fused-ring (bicyclic) bond motifs is 2. The van der Waals surface area contributed by atoms with Crippen molar-refractivity contribution in [3.63, 3.8) is 0 Å². The maximum atomic E-state index is 13.0. The average molecular weight is 577 g/mol. The molecule has 0 saturated carbocycles. The zero-order chi connectivity index (χ0) is 29.4. The Labute approximate surface area is 247 Å². The van der Waals surface area contributed by atoms with E-state index in [-0.39, 0.29) is 23.0 Å². The van der Waals surface area contributed by atoms with Gasteiger partial charge in [0.1, 0.15) is 41.1 Å². The number of hydrogen-bond donors (Lipinski definition) is 1. The molecule has 0 amide bonds. The van der Waals surface area contributed by atoms with Gasteiger partial charge in [-0.2, -0.15) is 5.26 Å². The molecule has 7 nitrogen and oxygen atoms in total. The van der Waals surface area contributed by atoms with Crippen molar-refractivity contribution in [3.05, 3.63) is 135 Å². The lowest BCUT2D eigenvalue weighted by Gasteiger charge is -2.26. The minimum atomic E-state index is -0.658. The number of carbonyl (C=O) groups is 1. The van der Waals surface area contributed by atoms with Crippen LogP contribution in [0.2, 0.25) is 5.02 Å². The highest BCUT2D eigenvalue weighted by atomic mass is 35.5. The van der Waals surface area contributed by atoms with E-state index < -0.39 is 11.9 Å². The van der Waals surface area contributed by atoms with E-state index in [4.69, 9.17) is 36.0 Å². The second kappa shape index (κ2) is 11.0. The largest absolute Gasteiger partial charge is 0.489 e. The van der Waals surface area contributed by atoms with E-state index in [0.29, 0.717) is 39.8 Å². The Bertz CT molecular complexity index is 1900. The summed E-state index contributed by atoms with van der Waals surface area (Å²) in [6, 6.07) is 28.0. The van der Waals surface area contributed by atoms with E-state index >= 15 is 0 Å². The Morgan fingerprint density at radius 1 is 0.976 bits per heavy atom. The highest BCUT2D eigenvalue weighted by molar-refractivity contribution is 6.31. The highest BCUT2D eigenvalue weighted by Gasteiger charge is 2.31. The Morgan fingerprint density at radius 2 is 1.71 bits per heavy atom. The maximum absolute atomic E-state index is 13.0. The first-order valence-electron chi connectivity index (χ1n) is 13.2. The monoisotopic (exact) mass is 576 g/mol. The number of rotatable bonds is 6. The first-order chi connectivity index (χ1) is 20.3. The number of nitrogens with two attached hydrogens (primary N) is 1. The van der Waals surface area contributed by atoms with E-state index in [9.17, 15) is 10.1 Å². The van der Waals surface area contributed by atoms with E-state index in [1.54, 1.807) is 43.3 Å². The van der Waals surface area contributed by atoms with Crippen molar-refractivity contribution in [2.45, 2.75) is 26.4 Å². The minimum absolute atomic E-state index is 0.0109. The van der Waals surface area contributed by atoms with Gasteiger partial charge in [-0.25, -0.2) is 4.79 Å². The summed E-state index contributed by atoms with van der Waals surface area (Å²) in [7, 11) is 0. The summed E-state index contributed by atoms with van der Waals surface area (Å²) < 4.78 is 23.1. The molecule has 0 fully saturated rings. The number of allylic oxidation sites excluding steroid dienone is 1. The third kappa shape index (κ3) is 5.16. The van der Waals surface area contributed by atoms with Crippen LogP contribution in [0.25, 0.3) is 11.0 Å². The quantitative estimate of drug-likeness (QED) is 0.163. The first-order valence-corrected chi connectivity index (χ1v) is 13.6. The average Bonchev–Trinajstić information content (AvgIpc) is 3.32. The Balaban J connectivity index is 1.24. The van der Waals surface area contributed by atoms with Crippen LogP contribution in [0.5, 0.6) is 17.2 Å². The Kier molecular flexibility index (Phi) is 7.07. The van der Waals surface area contributed by atoms with E-state index in [2.05, 4.69) is 6.07 Å². The number of nitrogens with zero attached hydrogens (tertiary/aromatic N) is 1. The number of hydrogen-bond acceptors (Lipinski definition) is 7. The van der Waals surface area contributed by atoms with Crippen LogP contribution in [-0.2, 0) is 6.61 Å². The fourth-order valence-corrected chi connectivity index (χ4v) is 5.16. The predicted octanol–water partition coefficient (Wildman–Crippen LogP) is 7.72. The lowest BCUT2D eigenvalue weighted by molar-refractivity contribution is 0.0702. The van der Waals surface area contributed by atoms with Crippen molar-refractivity contribution >= 4 is 28.5 Å². The van der Waals surface area contributed by atoms with Gasteiger partial charge in [-0.3, -0.25) is 0 Å². The van der Waals surface area contributed by atoms with Crippen molar-refractivity contribution in [2.75, 3.05) is 0 Å². The molecule has 1 aliphatic rings. The first kappa shape index (κ1) is 27.0. The summed E-state index contributed by atoms with van der Waals surface area (Å²) in [5.74, 6) is 0.264. The molecule has 0 aliphatic carbocycles. The van der Waals surface area contributed by atoms with Crippen molar-refractivity contribution < 1.29 is 23.4 Å². The van der Waals surface area contributed by atoms with Crippen molar-refractivity contribution in [2.24, 2.45) is 5.73 Å². The molecule has 1 aromatic heterocycles.